The zero-order valence-electron chi connectivity index (χ0n) is 32.8. The summed E-state index contributed by atoms with van der Waals surface area (Å²) in [5, 5.41) is 22.1. The second-order valence-electron chi connectivity index (χ2n) is 14.0. The summed E-state index contributed by atoms with van der Waals surface area (Å²) in [6, 6.07) is -4.07. The smallest absolute Gasteiger partial charge is 0.328 e. The lowest BCUT2D eigenvalue weighted by atomic mass is 9.96. The number of ether oxygens (including phenoxy) is 1. The largest absolute Gasteiger partial charge is 0.506 e. The molecule has 7 atom stereocenters. The van der Waals surface area contributed by atoms with Crippen LogP contribution < -0.4 is 38.1 Å². The summed E-state index contributed by atoms with van der Waals surface area (Å²) in [5.74, 6) is -8.31. The number of hydrogen-bond acceptors (Lipinski definition) is 10. The zero-order valence-corrected chi connectivity index (χ0v) is 35.9. The van der Waals surface area contributed by atoms with E-state index < -0.39 is 102 Å². The Hall–Kier alpha value is -5.30. The van der Waals surface area contributed by atoms with Gasteiger partial charge in [0.2, 0.25) is 41.4 Å². The summed E-state index contributed by atoms with van der Waals surface area (Å²) in [6.45, 7) is 8.24. The van der Waals surface area contributed by atoms with Crippen molar-refractivity contribution >= 4 is 85.3 Å². The number of rotatable bonds is 14. The van der Waals surface area contributed by atoms with Crippen molar-refractivity contribution in [1.82, 2.24) is 26.6 Å². The number of carbonyl (C=O) groups is 8. The molecule has 1 saturated heterocycles. The standard InChI is InChI=1S/C39H51Br2N7O10/c1-6-21(4)32-37(55)45-27(19-30(43)50)35(53)44-26(18-29(42)49)36(54)46-28(15-20(2)3)39(57)58-22(5)33(38(56)48-32)47-31(51)14-12-10-8-7-9-11-13-23-16-24(40)34(52)25(41)17-23/h7-14,16-17,20-22,26-28,32-33,52H,6,15,18-19H2,1-5H3,(H2,42,49)(H2,43,50)(H,44,53)(H,45,55)(H,46,54)(H,47,51)(H,48,56)/b9-7+,10-8+,13-11+,14-12+/t21-,22+,26+,27-,28+,32+,33+/m0/s1. The SMILES string of the molecule is CC[C@H](C)[C@H]1NC(=O)[C@H](NC(=O)/C=C/C=C/C=C/C=C/c2cc(Br)c(O)c(Br)c2)[C@@H](C)OC(=O)[C@@H](CC(C)C)NC(=O)[C@@H](CC(N)=O)NC(=O)[C@H](CC(N)=O)NC1=O. The fourth-order valence-electron chi connectivity index (χ4n) is 5.44. The van der Waals surface area contributed by atoms with Crippen molar-refractivity contribution in [3.63, 3.8) is 0 Å². The summed E-state index contributed by atoms with van der Waals surface area (Å²) in [6.07, 6.45) is 10.3. The molecule has 0 saturated carbocycles. The van der Waals surface area contributed by atoms with Crippen molar-refractivity contribution < 1.29 is 48.2 Å². The van der Waals surface area contributed by atoms with Crippen LogP contribution >= 0.6 is 31.9 Å². The minimum absolute atomic E-state index is 0.0277. The topological polar surface area (TPSA) is 278 Å². The molecule has 0 aromatic heterocycles. The Labute approximate surface area is 353 Å². The lowest BCUT2D eigenvalue weighted by Gasteiger charge is -2.31. The van der Waals surface area contributed by atoms with Gasteiger partial charge in [-0.05, 0) is 74.7 Å². The summed E-state index contributed by atoms with van der Waals surface area (Å²) < 4.78 is 6.70. The zero-order chi connectivity index (χ0) is 43.7. The molecule has 7 amide bonds. The molecule has 316 valence electrons. The van der Waals surface area contributed by atoms with Gasteiger partial charge in [-0.25, -0.2) is 4.79 Å². The quantitative estimate of drug-likeness (QED) is 0.0761. The van der Waals surface area contributed by atoms with E-state index in [1.165, 1.54) is 13.0 Å². The van der Waals surface area contributed by atoms with Crippen LogP contribution in [0.25, 0.3) is 6.08 Å². The first-order valence-electron chi connectivity index (χ1n) is 18.4. The number of cyclic esters (lactones) is 1. The number of aromatic hydroxyl groups is 1. The number of carbonyl (C=O) groups excluding carboxylic acids is 8. The number of amides is 7. The van der Waals surface area contributed by atoms with Gasteiger partial charge >= 0.3 is 5.97 Å². The number of allylic oxidation sites excluding steroid dienone is 6. The molecule has 0 unspecified atom stereocenters. The molecule has 1 aromatic carbocycles. The van der Waals surface area contributed by atoms with Gasteiger partial charge in [-0.3, -0.25) is 33.6 Å². The molecule has 0 spiro atoms. The minimum Gasteiger partial charge on any atom is -0.506 e. The lowest BCUT2D eigenvalue weighted by Crippen LogP contribution is -2.62. The predicted octanol–water partition coefficient (Wildman–Crippen LogP) is 1.81. The van der Waals surface area contributed by atoms with Crippen LogP contribution in [-0.4, -0.2) is 88.7 Å². The van der Waals surface area contributed by atoms with Gasteiger partial charge in [-0.15, -0.1) is 0 Å². The second kappa shape index (κ2) is 23.8. The van der Waals surface area contributed by atoms with Gasteiger partial charge in [0, 0.05) is 6.08 Å². The highest BCUT2D eigenvalue weighted by atomic mass is 79.9. The summed E-state index contributed by atoms with van der Waals surface area (Å²) in [5.41, 5.74) is 11.5. The number of esters is 1. The highest BCUT2D eigenvalue weighted by Crippen LogP contribution is 2.33. The van der Waals surface area contributed by atoms with Crippen molar-refractivity contribution in [3.05, 3.63) is 69.2 Å². The van der Waals surface area contributed by atoms with Crippen LogP contribution in [0.4, 0.5) is 0 Å². The van der Waals surface area contributed by atoms with E-state index in [1.54, 1.807) is 70.2 Å². The van der Waals surface area contributed by atoms with E-state index in [9.17, 15) is 43.5 Å². The van der Waals surface area contributed by atoms with Crippen LogP contribution in [0.5, 0.6) is 5.75 Å². The molecule has 1 aliphatic rings. The van der Waals surface area contributed by atoms with Crippen molar-refractivity contribution in [2.24, 2.45) is 23.3 Å². The highest BCUT2D eigenvalue weighted by Gasteiger charge is 2.38. The number of nitrogens with one attached hydrogen (secondary N) is 5. The Morgan fingerprint density at radius 2 is 1.29 bits per heavy atom. The Morgan fingerprint density at radius 1 is 0.793 bits per heavy atom. The van der Waals surface area contributed by atoms with Gasteiger partial charge in [0.1, 0.15) is 42.1 Å². The molecule has 0 bridgehead atoms. The highest BCUT2D eigenvalue weighted by molar-refractivity contribution is 9.11. The fourth-order valence-corrected chi connectivity index (χ4v) is 6.66. The Morgan fingerprint density at radius 3 is 1.81 bits per heavy atom. The molecule has 1 fully saturated rings. The average molecular weight is 938 g/mol. The molecular weight excluding hydrogens is 886 g/mol. The number of hydrogen-bond donors (Lipinski definition) is 8. The molecule has 58 heavy (non-hydrogen) atoms. The van der Waals surface area contributed by atoms with E-state index >= 15 is 0 Å². The third-order valence-corrected chi connectivity index (χ3v) is 9.87. The number of benzene rings is 1. The van der Waals surface area contributed by atoms with E-state index in [4.69, 9.17) is 16.2 Å². The van der Waals surface area contributed by atoms with Crippen molar-refractivity contribution in [1.29, 1.82) is 0 Å². The lowest BCUT2D eigenvalue weighted by molar-refractivity contribution is -0.156. The Kier molecular flexibility index (Phi) is 20.1. The molecule has 1 aliphatic heterocycles. The molecule has 0 aliphatic carbocycles. The van der Waals surface area contributed by atoms with E-state index in [2.05, 4.69) is 58.4 Å². The Bertz CT molecular complexity index is 1810. The van der Waals surface area contributed by atoms with Gasteiger partial charge in [0.25, 0.3) is 0 Å². The van der Waals surface area contributed by atoms with Gasteiger partial charge in [0.15, 0.2) is 0 Å². The maximum absolute atomic E-state index is 13.9. The van der Waals surface area contributed by atoms with Crippen molar-refractivity contribution in [2.45, 2.75) is 96.6 Å². The van der Waals surface area contributed by atoms with Gasteiger partial charge < -0.3 is 47.9 Å². The second-order valence-corrected chi connectivity index (χ2v) is 15.7. The fraction of sp³-hybridized carbons (Fsp3) is 0.436. The molecule has 17 nitrogen and oxygen atoms in total. The summed E-state index contributed by atoms with van der Waals surface area (Å²) in [7, 11) is 0. The monoisotopic (exact) mass is 935 g/mol. The molecule has 10 N–H and O–H groups in total. The molecule has 0 radical (unpaired) electrons. The first-order chi connectivity index (χ1) is 27.2. The van der Waals surface area contributed by atoms with E-state index in [-0.39, 0.29) is 18.1 Å². The van der Waals surface area contributed by atoms with Crippen LogP contribution in [0, 0.1) is 11.8 Å². The van der Waals surface area contributed by atoms with E-state index in [1.807, 2.05) is 6.08 Å². The maximum atomic E-state index is 13.9. The van der Waals surface area contributed by atoms with Gasteiger partial charge in [0.05, 0.1) is 21.8 Å². The van der Waals surface area contributed by atoms with Crippen LogP contribution in [0.15, 0.2) is 63.6 Å². The van der Waals surface area contributed by atoms with Crippen LogP contribution in [-0.2, 0) is 43.1 Å². The van der Waals surface area contributed by atoms with E-state index in [0.717, 1.165) is 11.6 Å². The molecule has 1 heterocycles. The van der Waals surface area contributed by atoms with Gasteiger partial charge in [-0.1, -0.05) is 76.6 Å². The van der Waals surface area contributed by atoms with Crippen molar-refractivity contribution in [2.75, 3.05) is 0 Å². The van der Waals surface area contributed by atoms with Crippen LogP contribution in [0.3, 0.4) is 0 Å². The maximum Gasteiger partial charge on any atom is 0.328 e. The molecule has 1 aromatic rings. The number of phenolic OH excluding ortho intramolecular Hbond substituents is 1. The molecule has 2 rings (SSSR count). The first-order valence-corrected chi connectivity index (χ1v) is 20.0. The minimum atomic E-state index is -1.65. The van der Waals surface area contributed by atoms with Crippen LogP contribution in [0.1, 0.15) is 65.9 Å². The normalized spacial score (nSPS) is 23.4. The number of halogens is 2. The summed E-state index contributed by atoms with van der Waals surface area (Å²) in [4.78, 5) is 105. The third kappa shape index (κ3) is 16.3. The summed E-state index contributed by atoms with van der Waals surface area (Å²) >= 11 is 6.56. The number of nitrogens with two attached hydrogens (primary N) is 2. The van der Waals surface area contributed by atoms with Gasteiger partial charge in [-0.2, -0.15) is 0 Å². The van der Waals surface area contributed by atoms with Crippen molar-refractivity contribution in [3.8, 4) is 5.75 Å². The number of phenols is 1. The first kappa shape index (κ1) is 48.8. The number of primary amides is 2. The predicted molar refractivity (Wildman–Crippen MR) is 222 cm³/mol. The molecule has 19 heteroatoms. The third-order valence-electron chi connectivity index (χ3n) is 8.66. The van der Waals surface area contributed by atoms with Crippen LogP contribution in [0.2, 0.25) is 0 Å². The molecular formula is C39H51Br2N7O10. The van der Waals surface area contributed by atoms with E-state index in [0.29, 0.717) is 15.4 Å². The Balaban J connectivity index is 2.46. The average Bonchev–Trinajstić information content (AvgIpc) is 3.13.